The van der Waals surface area contributed by atoms with Crippen molar-refractivity contribution in [3.8, 4) is 39.4 Å². The van der Waals surface area contributed by atoms with Crippen LogP contribution < -0.4 is 0 Å². The molecule has 0 saturated heterocycles. The molecule has 3 aromatic carbocycles. The number of aromatic hydroxyl groups is 1. The van der Waals surface area contributed by atoms with Crippen LogP contribution in [0, 0.1) is 0 Å². The predicted octanol–water partition coefficient (Wildman–Crippen LogP) is 6.35. The Morgan fingerprint density at radius 1 is 0.778 bits per heavy atom. The SMILES string of the molecule is Oc1ccccc1-c1cc(-c2ccc(Cl)cc2)nc2c1Cc1ccccc1-2. The minimum Gasteiger partial charge on any atom is -0.507 e. The molecular formula is C24H16ClNO. The Morgan fingerprint density at radius 2 is 1.48 bits per heavy atom. The Labute approximate surface area is 162 Å². The number of aromatic nitrogens is 1. The zero-order valence-electron chi connectivity index (χ0n) is 14.5. The van der Waals surface area contributed by atoms with Gasteiger partial charge in [-0.2, -0.15) is 0 Å². The molecule has 0 bridgehead atoms. The highest BCUT2D eigenvalue weighted by molar-refractivity contribution is 6.30. The van der Waals surface area contributed by atoms with E-state index in [-0.39, 0.29) is 5.75 Å². The third kappa shape index (κ3) is 2.70. The number of fused-ring (bicyclic) bond motifs is 3. The quantitative estimate of drug-likeness (QED) is 0.393. The van der Waals surface area contributed by atoms with E-state index in [1.54, 1.807) is 6.07 Å². The first kappa shape index (κ1) is 16.1. The third-order valence-electron chi connectivity index (χ3n) is 5.10. The number of pyridine rings is 1. The van der Waals surface area contributed by atoms with Crippen molar-refractivity contribution in [2.24, 2.45) is 0 Å². The van der Waals surface area contributed by atoms with Crippen molar-refractivity contribution in [1.29, 1.82) is 0 Å². The van der Waals surface area contributed by atoms with Crippen LogP contribution in [-0.4, -0.2) is 10.1 Å². The highest BCUT2D eigenvalue weighted by Gasteiger charge is 2.25. The summed E-state index contributed by atoms with van der Waals surface area (Å²) < 4.78 is 0. The van der Waals surface area contributed by atoms with Crippen molar-refractivity contribution >= 4 is 11.6 Å². The minimum absolute atomic E-state index is 0.281. The number of halogens is 1. The molecule has 0 atom stereocenters. The zero-order valence-corrected chi connectivity index (χ0v) is 15.2. The summed E-state index contributed by atoms with van der Waals surface area (Å²) in [5.74, 6) is 0.281. The standard InChI is InChI=1S/C24H16ClNO/c25-17-11-9-15(10-12-17)22-14-20(19-7-3-4-8-23(19)27)21-13-16-5-1-2-6-18(16)24(21)26-22/h1-12,14,27H,13H2. The lowest BCUT2D eigenvalue weighted by molar-refractivity contribution is 0.477. The second-order valence-corrected chi connectivity index (χ2v) is 7.18. The van der Waals surface area contributed by atoms with Gasteiger partial charge < -0.3 is 5.11 Å². The Hall–Kier alpha value is -3.10. The van der Waals surface area contributed by atoms with Crippen molar-refractivity contribution in [2.75, 3.05) is 0 Å². The molecule has 1 aliphatic rings. The van der Waals surface area contributed by atoms with E-state index >= 15 is 0 Å². The normalized spacial score (nSPS) is 11.9. The van der Waals surface area contributed by atoms with E-state index < -0.39 is 0 Å². The molecular weight excluding hydrogens is 354 g/mol. The van der Waals surface area contributed by atoms with Crippen molar-refractivity contribution in [2.45, 2.75) is 6.42 Å². The van der Waals surface area contributed by atoms with Crippen LogP contribution in [0.15, 0.2) is 78.9 Å². The molecule has 27 heavy (non-hydrogen) atoms. The molecule has 0 radical (unpaired) electrons. The number of rotatable bonds is 2. The van der Waals surface area contributed by atoms with Crippen LogP contribution in [0.2, 0.25) is 5.02 Å². The molecule has 5 rings (SSSR count). The number of phenols is 1. The Kier molecular flexibility index (Phi) is 3.73. The largest absolute Gasteiger partial charge is 0.507 e. The van der Waals surface area contributed by atoms with Gasteiger partial charge in [-0.3, -0.25) is 0 Å². The van der Waals surface area contributed by atoms with Gasteiger partial charge in [0.25, 0.3) is 0 Å². The summed E-state index contributed by atoms with van der Waals surface area (Å²) in [7, 11) is 0. The molecule has 0 spiro atoms. The van der Waals surface area contributed by atoms with Crippen molar-refractivity contribution in [3.05, 3.63) is 95.0 Å². The molecule has 130 valence electrons. The van der Waals surface area contributed by atoms with Gasteiger partial charge in [0.05, 0.1) is 11.4 Å². The molecule has 1 heterocycles. The molecule has 0 aliphatic heterocycles. The van der Waals surface area contributed by atoms with Crippen molar-refractivity contribution < 1.29 is 5.11 Å². The molecule has 1 N–H and O–H groups in total. The topological polar surface area (TPSA) is 33.1 Å². The Bertz CT molecular complexity index is 1170. The smallest absolute Gasteiger partial charge is 0.123 e. The monoisotopic (exact) mass is 369 g/mol. The summed E-state index contributed by atoms with van der Waals surface area (Å²) >= 11 is 6.05. The van der Waals surface area contributed by atoms with Gasteiger partial charge in [-0.1, -0.05) is 66.2 Å². The van der Waals surface area contributed by atoms with E-state index in [0.29, 0.717) is 5.02 Å². The van der Waals surface area contributed by atoms with E-state index in [1.807, 2.05) is 48.5 Å². The molecule has 0 fully saturated rings. The average molecular weight is 370 g/mol. The number of nitrogens with zero attached hydrogens (tertiary/aromatic N) is 1. The van der Waals surface area contributed by atoms with Crippen LogP contribution in [0.5, 0.6) is 5.75 Å². The summed E-state index contributed by atoms with van der Waals surface area (Å²) in [6, 6.07) is 25.6. The molecule has 0 amide bonds. The maximum absolute atomic E-state index is 10.5. The molecule has 4 aromatic rings. The Morgan fingerprint density at radius 3 is 2.26 bits per heavy atom. The average Bonchev–Trinajstić information content (AvgIpc) is 3.07. The van der Waals surface area contributed by atoms with E-state index in [1.165, 1.54) is 11.1 Å². The number of phenolic OH excluding ortho intramolecular Hbond substituents is 1. The third-order valence-corrected chi connectivity index (χ3v) is 5.35. The number of para-hydroxylation sites is 1. The minimum atomic E-state index is 0.281. The second-order valence-electron chi connectivity index (χ2n) is 6.74. The number of benzene rings is 3. The first-order valence-corrected chi connectivity index (χ1v) is 9.25. The van der Waals surface area contributed by atoms with Crippen LogP contribution in [0.3, 0.4) is 0 Å². The fourth-order valence-corrected chi connectivity index (χ4v) is 3.91. The van der Waals surface area contributed by atoms with Crippen LogP contribution in [-0.2, 0) is 6.42 Å². The van der Waals surface area contributed by atoms with Crippen molar-refractivity contribution in [1.82, 2.24) is 4.98 Å². The van der Waals surface area contributed by atoms with Gasteiger partial charge in [0.15, 0.2) is 0 Å². The fraction of sp³-hybridized carbons (Fsp3) is 0.0417. The predicted molar refractivity (Wildman–Crippen MR) is 110 cm³/mol. The molecule has 0 saturated carbocycles. The number of hydrogen-bond donors (Lipinski definition) is 1. The van der Waals surface area contributed by atoms with E-state index in [4.69, 9.17) is 16.6 Å². The molecule has 1 aliphatic carbocycles. The summed E-state index contributed by atoms with van der Waals surface area (Å²) in [6.45, 7) is 0. The van der Waals surface area contributed by atoms with Gasteiger partial charge in [-0.25, -0.2) is 4.98 Å². The summed E-state index contributed by atoms with van der Waals surface area (Å²) in [5, 5.41) is 11.2. The van der Waals surface area contributed by atoms with E-state index in [9.17, 15) is 5.11 Å². The van der Waals surface area contributed by atoms with Gasteiger partial charge in [0.2, 0.25) is 0 Å². The first-order valence-electron chi connectivity index (χ1n) is 8.87. The van der Waals surface area contributed by atoms with Crippen LogP contribution in [0.4, 0.5) is 0 Å². The lowest BCUT2D eigenvalue weighted by atomic mass is 9.95. The van der Waals surface area contributed by atoms with Gasteiger partial charge in [-0.05, 0) is 41.0 Å². The maximum Gasteiger partial charge on any atom is 0.123 e. The van der Waals surface area contributed by atoms with Crippen molar-refractivity contribution in [3.63, 3.8) is 0 Å². The van der Waals surface area contributed by atoms with Gasteiger partial charge in [0.1, 0.15) is 5.75 Å². The highest BCUT2D eigenvalue weighted by Crippen LogP contribution is 2.44. The van der Waals surface area contributed by atoms with E-state index in [0.717, 1.165) is 40.1 Å². The summed E-state index contributed by atoms with van der Waals surface area (Å²) in [5.41, 5.74) is 8.33. The first-order chi connectivity index (χ1) is 13.2. The fourth-order valence-electron chi connectivity index (χ4n) is 3.78. The molecule has 3 heteroatoms. The Balaban J connectivity index is 1.80. The van der Waals surface area contributed by atoms with Gasteiger partial charge >= 0.3 is 0 Å². The highest BCUT2D eigenvalue weighted by atomic mass is 35.5. The molecule has 1 aromatic heterocycles. The van der Waals surface area contributed by atoms with Gasteiger partial charge in [0, 0.05) is 28.1 Å². The second kappa shape index (κ2) is 6.26. The van der Waals surface area contributed by atoms with Crippen LogP contribution in [0.1, 0.15) is 11.1 Å². The van der Waals surface area contributed by atoms with Gasteiger partial charge in [-0.15, -0.1) is 0 Å². The summed E-state index contributed by atoms with van der Waals surface area (Å²) in [4.78, 5) is 4.99. The lowest BCUT2D eigenvalue weighted by Gasteiger charge is -2.13. The van der Waals surface area contributed by atoms with Crippen LogP contribution >= 0.6 is 11.6 Å². The summed E-state index contributed by atoms with van der Waals surface area (Å²) in [6.07, 6.45) is 0.822. The molecule has 2 nitrogen and oxygen atoms in total. The lowest BCUT2D eigenvalue weighted by Crippen LogP contribution is -1.94. The molecule has 0 unspecified atom stereocenters. The van der Waals surface area contributed by atoms with E-state index in [2.05, 4.69) is 24.3 Å². The maximum atomic E-state index is 10.5. The zero-order chi connectivity index (χ0) is 18.4. The number of hydrogen-bond acceptors (Lipinski definition) is 2. The van der Waals surface area contributed by atoms with Crippen LogP contribution in [0.25, 0.3) is 33.6 Å².